The summed E-state index contributed by atoms with van der Waals surface area (Å²) in [4.78, 5) is 0. The zero-order valence-corrected chi connectivity index (χ0v) is 13.7. The zero-order valence-electron chi connectivity index (χ0n) is 13.7. The van der Waals surface area contributed by atoms with Crippen molar-refractivity contribution < 1.29 is 0 Å². The van der Waals surface area contributed by atoms with E-state index >= 15 is 0 Å². The fourth-order valence-corrected chi connectivity index (χ4v) is 4.36. The molecule has 0 aromatic carbocycles. The highest BCUT2D eigenvalue weighted by Crippen LogP contribution is 2.53. The van der Waals surface area contributed by atoms with Gasteiger partial charge in [0.1, 0.15) is 0 Å². The fourth-order valence-electron chi connectivity index (χ4n) is 4.36. The van der Waals surface area contributed by atoms with Crippen molar-refractivity contribution in [3.8, 4) is 0 Å². The molecule has 0 spiro atoms. The van der Waals surface area contributed by atoms with Gasteiger partial charge in [-0.2, -0.15) is 0 Å². The van der Waals surface area contributed by atoms with E-state index in [-0.39, 0.29) is 11.0 Å². The van der Waals surface area contributed by atoms with Crippen molar-refractivity contribution >= 4 is 0 Å². The van der Waals surface area contributed by atoms with Gasteiger partial charge in [0.2, 0.25) is 0 Å². The minimum absolute atomic E-state index is 0.0151. The largest absolute Gasteiger partial charge is 0.324 e. The summed E-state index contributed by atoms with van der Waals surface area (Å²) in [6, 6.07) is 0. The van der Waals surface area contributed by atoms with Crippen LogP contribution in [-0.2, 0) is 0 Å². The first-order valence-electron chi connectivity index (χ1n) is 8.71. The van der Waals surface area contributed by atoms with Gasteiger partial charge in [-0.1, -0.05) is 77.2 Å². The molecule has 2 aliphatic rings. The van der Waals surface area contributed by atoms with Crippen molar-refractivity contribution in [1.29, 1.82) is 0 Å². The Labute approximate surface area is 125 Å². The molecule has 3 atom stereocenters. The van der Waals surface area contributed by atoms with Gasteiger partial charge in [0.05, 0.1) is 0 Å². The van der Waals surface area contributed by atoms with Crippen LogP contribution in [0.3, 0.4) is 0 Å². The summed E-state index contributed by atoms with van der Waals surface area (Å²) in [6.45, 7) is 7.01. The van der Waals surface area contributed by atoms with Crippen molar-refractivity contribution in [2.24, 2.45) is 23.0 Å². The summed E-state index contributed by atoms with van der Waals surface area (Å²) in [7, 11) is 0. The molecule has 0 amide bonds. The van der Waals surface area contributed by atoms with Crippen molar-refractivity contribution in [3.63, 3.8) is 0 Å². The minimum Gasteiger partial charge on any atom is -0.324 e. The first-order valence-corrected chi connectivity index (χ1v) is 8.71. The Morgan fingerprint density at radius 1 is 1.25 bits per heavy atom. The molecule has 1 fully saturated rings. The summed E-state index contributed by atoms with van der Waals surface area (Å²) in [5, 5.41) is 0. The highest BCUT2D eigenvalue weighted by molar-refractivity contribution is 5.24. The highest BCUT2D eigenvalue weighted by atomic mass is 14.8. The van der Waals surface area contributed by atoms with Crippen LogP contribution in [0.1, 0.15) is 72.1 Å². The highest BCUT2D eigenvalue weighted by Gasteiger charge is 2.50. The molecule has 0 aromatic heterocycles. The van der Waals surface area contributed by atoms with E-state index in [1.807, 2.05) is 0 Å². The van der Waals surface area contributed by atoms with Crippen molar-refractivity contribution in [1.82, 2.24) is 0 Å². The van der Waals surface area contributed by atoms with Gasteiger partial charge in [0.15, 0.2) is 0 Å². The Bertz CT molecular complexity index is 366. The van der Waals surface area contributed by atoms with Gasteiger partial charge in [0, 0.05) is 11.0 Å². The van der Waals surface area contributed by atoms with Crippen LogP contribution in [0.15, 0.2) is 24.3 Å². The van der Waals surface area contributed by atoms with E-state index < -0.39 is 0 Å². The molecule has 1 nitrogen and oxygen atoms in total. The maximum absolute atomic E-state index is 7.11. The molecule has 0 heterocycles. The molecule has 1 saturated carbocycles. The second-order valence-electron chi connectivity index (χ2n) is 7.28. The number of nitrogens with two attached hydrogens (primary N) is 1. The maximum Gasteiger partial charge on any atom is 0.0254 e. The lowest BCUT2D eigenvalue weighted by molar-refractivity contribution is 0.0777. The van der Waals surface area contributed by atoms with Crippen molar-refractivity contribution in [2.45, 2.75) is 77.7 Å². The third-order valence-electron chi connectivity index (χ3n) is 5.67. The average Bonchev–Trinajstić information content (AvgIpc) is 3.23. The van der Waals surface area contributed by atoms with Crippen molar-refractivity contribution in [2.75, 3.05) is 0 Å². The summed E-state index contributed by atoms with van der Waals surface area (Å²) in [5.41, 5.74) is 7.27. The maximum atomic E-state index is 7.11. The summed E-state index contributed by atoms with van der Waals surface area (Å²) in [5.74, 6) is 1.57. The van der Waals surface area contributed by atoms with Crippen LogP contribution < -0.4 is 5.73 Å². The van der Waals surface area contributed by atoms with Gasteiger partial charge in [-0.25, -0.2) is 0 Å². The lowest BCUT2D eigenvalue weighted by Crippen LogP contribution is -2.58. The topological polar surface area (TPSA) is 26.0 Å². The van der Waals surface area contributed by atoms with Gasteiger partial charge in [-0.3, -0.25) is 0 Å². The van der Waals surface area contributed by atoms with Crippen LogP contribution in [0.25, 0.3) is 0 Å². The molecule has 0 aliphatic heterocycles. The molecule has 3 unspecified atom stereocenters. The van der Waals surface area contributed by atoms with Gasteiger partial charge < -0.3 is 5.73 Å². The lowest BCUT2D eigenvalue weighted by Gasteiger charge is -2.52. The Kier molecular flexibility index (Phi) is 5.12. The van der Waals surface area contributed by atoms with Crippen LogP contribution >= 0.6 is 0 Å². The van der Waals surface area contributed by atoms with E-state index in [2.05, 4.69) is 45.1 Å². The smallest absolute Gasteiger partial charge is 0.0254 e. The second kappa shape index (κ2) is 6.47. The van der Waals surface area contributed by atoms with Crippen LogP contribution in [-0.4, -0.2) is 5.54 Å². The van der Waals surface area contributed by atoms with E-state index in [1.165, 1.54) is 38.5 Å². The van der Waals surface area contributed by atoms with E-state index in [0.717, 1.165) is 18.8 Å². The first-order chi connectivity index (χ1) is 9.58. The van der Waals surface area contributed by atoms with Crippen LogP contribution in [0.5, 0.6) is 0 Å². The van der Waals surface area contributed by atoms with Crippen molar-refractivity contribution in [3.05, 3.63) is 24.3 Å². The molecule has 114 valence electrons. The standard InChI is InChI=1S/C19H33N/c1-4-9-16(3)18(13-7-6-8-14-18)19(20,12-5-2)15-17-10-11-17/h6-8,13,16-17H,4-5,9-12,14-15,20H2,1-3H3. The third-order valence-corrected chi connectivity index (χ3v) is 5.67. The molecule has 2 N–H and O–H groups in total. The molecular weight excluding hydrogens is 242 g/mol. The Morgan fingerprint density at radius 3 is 2.50 bits per heavy atom. The zero-order chi connectivity index (χ0) is 14.6. The second-order valence-corrected chi connectivity index (χ2v) is 7.28. The first kappa shape index (κ1) is 15.8. The molecule has 2 rings (SSSR count). The normalized spacial score (nSPS) is 30.2. The van der Waals surface area contributed by atoms with Crippen LogP contribution in [0.4, 0.5) is 0 Å². The molecular formula is C19H33N. The van der Waals surface area contributed by atoms with Gasteiger partial charge >= 0.3 is 0 Å². The Morgan fingerprint density at radius 2 is 2.00 bits per heavy atom. The summed E-state index contributed by atoms with van der Waals surface area (Å²) in [6.07, 6.45) is 19.3. The van der Waals surface area contributed by atoms with Crippen LogP contribution in [0.2, 0.25) is 0 Å². The Balaban J connectivity index is 2.30. The molecule has 0 saturated heterocycles. The van der Waals surface area contributed by atoms with E-state index in [9.17, 15) is 0 Å². The van der Waals surface area contributed by atoms with Gasteiger partial charge in [-0.15, -0.1) is 0 Å². The van der Waals surface area contributed by atoms with E-state index in [1.54, 1.807) is 0 Å². The minimum atomic E-state index is -0.0151. The third kappa shape index (κ3) is 3.03. The van der Waals surface area contributed by atoms with E-state index in [0.29, 0.717) is 5.92 Å². The number of rotatable bonds is 8. The average molecular weight is 275 g/mol. The monoisotopic (exact) mass is 275 g/mol. The van der Waals surface area contributed by atoms with E-state index in [4.69, 9.17) is 5.73 Å². The Hall–Kier alpha value is -0.560. The van der Waals surface area contributed by atoms with Crippen LogP contribution in [0, 0.1) is 17.3 Å². The molecule has 0 radical (unpaired) electrons. The summed E-state index contributed by atoms with van der Waals surface area (Å²) >= 11 is 0. The lowest BCUT2D eigenvalue weighted by atomic mass is 9.56. The number of hydrogen-bond acceptors (Lipinski definition) is 1. The number of hydrogen-bond donors (Lipinski definition) is 1. The quantitative estimate of drug-likeness (QED) is 0.645. The summed E-state index contributed by atoms with van der Waals surface area (Å²) < 4.78 is 0. The fraction of sp³-hybridized carbons (Fsp3) is 0.789. The molecule has 0 aromatic rings. The molecule has 0 bridgehead atoms. The van der Waals surface area contributed by atoms with Gasteiger partial charge in [0.25, 0.3) is 0 Å². The predicted octanol–water partition coefficient (Wildman–Crippen LogP) is 5.22. The predicted molar refractivity (Wildman–Crippen MR) is 88.6 cm³/mol. The molecule has 2 aliphatic carbocycles. The number of allylic oxidation sites excluding steroid dienone is 3. The molecule has 1 heteroatoms. The van der Waals surface area contributed by atoms with Gasteiger partial charge in [-0.05, 0) is 31.1 Å². The molecule has 20 heavy (non-hydrogen) atoms. The SMILES string of the molecule is CCCC(C)C1(C(N)(CCC)CC2CC2)C=CC=CC1.